The molecule has 1 aliphatic rings. The lowest BCUT2D eigenvalue weighted by Gasteiger charge is -2.49. The SMILES string of the molecule is CC(=O)OC[C@]1(OC(C)=O)CN[C@@H](COCc2ccccc2)[C@@H](OCc2ccccc2)[C@@H]1OCc1ccccc1. The average Bonchev–Trinajstić information content (AvgIpc) is 2.96. The van der Waals surface area contributed by atoms with Crippen molar-refractivity contribution in [1.29, 1.82) is 0 Å². The summed E-state index contributed by atoms with van der Waals surface area (Å²) in [6.07, 6.45) is -1.38. The van der Waals surface area contributed by atoms with E-state index in [0.717, 1.165) is 16.7 Å². The molecule has 0 saturated carbocycles. The zero-order valence-electron chi connectivity index (χ0n) is 23.0. The molecule has 1 fully saturated rings. The lowest BCUT2D eigenvalue weighted by Crippen LogP contribution is -2.71. The molecule has 3 aromatic rings. The molecule has 1 heterocycles. The van der Waals surface area contributed by atoms with Crippen molar-refractivity contribution in [3.63, 3.8) is 0 Å². The number of rotatable bonds is 13. The van der Waals surface area contributed by atoms with Crippen LogP contribution in [0.5, 0.6) is 0 Å². The summed E-state index contributed by atoms with van der Waals surface area (Å²) in [6.45, 7) is 3.96. The van der Waals surface area contributed by atoms with Gasteiger partial charge in [-0.1, -0.05) is 91.0 Å². The number of carbonyl (C=O) groups excluding carboxylic acids is 2. The topological polar surface area (TPSA) is 92.3 Å². The third-order valence-corrected chi connectivity index (χ3v) is 6.71. The Morgan fingerprint density at radius 2 is 1.27 bits per heavy atom. The minimum absolute atomic E-state index is 0.183. The van der Waals surface area contributed by atoms with Crippen LogP contribution in [0.15, 0.2) is 91.0 Å². The molecule has 0 unspecified atom stereocenters. The molecule has 0 aromatic heterocycles. The van der Waals surface area contributed by atoms with Gasteiger partial charge in [0.1, 0.15) is 18.8 Å². The highest BCUT2D eigenvalue weighted by Gasteiger charge is 2.54. The zero-order chi connectivity index (χ0) is 28.2. The van der Waals surface area contributed by atoms with Gasteiger partial charge in [0.2, 0.25) is 0 Å². The van der Waals surface area contributed by atoms with E-state index in [2.05, 4.69) is 5.32 Å². The van der Waals surface area contributed by atoms with Gasteiger partial charge in [-0.05, 0) is 16.7 Å². The highest BCUT2D eigenvalue weighted by atomic mass is 16.6. The molecule has 1 N–H and O–H groups in total. The lowest BCUT2D eigenvalue weighted by atomic mass is 9.84. The van der Waals surface area contributed by atoms with Crippen LogP contribution in [0.2, 0.25) is 0 Å². The number of piperidine rings is 1. The van der Waals surface area contributed by atoms with E-state index in [1.54, 1.807) is 0 Å². The quantitative estimate of drug-likeness (QED) is 0.318. The minimum Gasteiger partial charge on any atom is -0.461 e. The molecule has 0 amide bonds. The second-order valence-electron chi connectivity index (χ2n) is 9.91. The van der Waals surface area contributed by atoms with Gasteiger partial charge < -0.3 is 29.0 Å². The van der Waals surface area contributed by atoms with Crippen molar-refractivity contribution in [3.8, 4) is 0 Å². The summed E-state index contributed by atoms with van der Waals surface area (Å²) >= 11 is 0. The number of hydrogen-bond donors (Lipinski definition) is 1. The van der Waals surface area contributed by atoms with Crippen molar-refractivity contribution in [2.75, 3.05) is 19.8 Å². The summed E-state index contributed by atoms with van der Waals surface area (Å²) in [5, 5.41) is 3.44. The fourth-order valence-electron chi connectivity index (χ4n) is 4.81. The van der Waals surface area contributed by atoms with Gasteiger partial charge in [-0.3, -0.25) is 9.59 Å². The molecule has 212 valence electrons. The smallest absolute Gasteiger partial charge is 0.303 e. The molecule has 1 aliphatic heterocycles. The molecule has 8 nitrogen and oxygen atoms in total. The van der Waals surface area contributed by atoms with Crippen molar-refractivity contribution >= 4 is 11.9 Å². The molecule has 1 saturated heterocycles. The maximum absolute atomic E-state index is 12.4. The minimum atomic E-state index is -1.32. The molecule has 4 atom stereocenters. The molecule has 4 rings (SSSR count). The Hall–Kier alpha value is -3.56. The third kappa shape index (κ3) is 8.47. The predicted molar refractivity (Wildman–Crippen MR) is 149 cm³/mol. The largest absolute Gasteiger partial charge is 0.461 e. The van der Waals surface area contributed by atoms with Crippen molar-refractivity contribution in [2.45, 2.75) is 57.5 Å². The van der Waals surface area contributed by atoms with Gasteiger partial charge in [-0.25, -0.2) is 0 Å². The van der Waals surface area contributed by atoms with Gasteiger partial charge in [-0.2, -0.15) is 0 Å². The Balaban J connectivity index is 1.62. The summed E-state index contributed by atoms with van der Waals surface area (Å²) in [5.41, 5.74) is 1.67. The van der Waals surface area contributed by atoms with E-state index in [-0.39, 0.29) is 25.8 Å². The van der Waals surface area contributed by atoms with Crippen LogP contribution in [-0.2, 0) is 53.1 Å². The Labute approximate surface area is 235 Å². The number of nitrogens with one attached hydrogen (secondary N) is 1. The highest BCUT2D eigenvalue weighted by molar-refractivity contribution is 5.67. The van der Waals surface area contributed by atoms with Crippen LogP contribution in [0.1, 0.15) is 30.5 Å². The number of hydrogen-bond acceptors (Lipinski definition) is 8. The summed E-state index contributed by atoms with van der Waals surface area (Å²) in [4.78, 5) is 24.2. The number of carbonyl (C=O) groups is 2. The highest BCUT2D eigenvalue weighted by Crippen LogP contribution is 2.32. The normalized spacial score (nSPS) is 22.4. The lowest BCUT2D eigenvalue weighted by molar-refractivity contribution is -0.234. The Kier molecular flexibility index (Phi) is 10.8. The second kappa shape index (κ2) is 14.7. The average molecular weight is 548 g/mol. The van der Waals surface area contributed by atoms with Crippen molar-refractivity contribution < 1.29 is 33.3 Å². The molecule has 40 heavy (non-hydrogen) atoms. The Morgan fingerprint density at radius 3 is 1.80 bits per heavy atom. The second-order valence-corrected chi connectivity index (χ2v) is 9.91. The maximum Gasteiger partial charge on any atom is 0.303 e. The van der Waals surface area contributed by atoms with E-state index < -0.39 is 29.7 Å². The van der Waals surface area contributed by atoms with E-state index in [1.807, 2.05) is 91.0 Å². The van der Waals surface area contributed by atoms with Crippen molar-refractivity contribution in [2.24, 2.45) is 0 Å². The van der Waals surface area contributed by atoms with Gasteiger partial charge in [0.15, 0.2) is 5.60 Å². The molecule has 8 heteroatoms. The Morgan fingerprint density at radius 1 is 0.750 bits per heavy atom. The van der Waals surface area contributed by atoms with Crippen LogP contribution in [0.3, 0.4) is 0 Å². The summed E-state index contributed by atoms with van der Waals surface area (Å²) < 4.78 is 30.5. The van der Waals surface area contributed by atoms with Gasteiger partial charge in [-0.15, -0.1) is 0 Å². The number of esters is 2. The molecule has 0 bridgehead atoms. The first-order valence-corrected chi connectivity index (χ1v) is 13.4. The summed E-state index contributed by atoms with van der Waals surface area (Å²) in [7, 11) is 0. The molecular weight excluding hydrogens is 510 g/mol. The molecule has 0 aliphatic carbocycles. The van der Waals surface area contributed by atoms with Crippen LogP contribution < -0.4 is 5.32 Å². The molecular formula is C32H37NO7. The van der Waals surface area contributed by atoms with Gasteiger partial charge >= 0.3 is 11.9 Å². The molecule has 0 spiro atoms. The van der Waals surface area contributed by atoms with E-state index in [4.69, 9.17) is 23.7 Å². The first-order chi connectivity index (χ1) is 19.4. The summed E-state index contributed by atoms with van der Waals surface area (Å²) in [5.74, 6) is -0.994. The fourth-order valence-corrected chi connectivity index (χ4v) is 4.81. The first-order valence-electron chi connectivity index (χ1n) is 13.4. The van der Waals surface area contributed by atoms with Gasteiger partial charge in [0.25, 0.3) is 0 Å². The van der Waals surface area contributed by atoms with Crippen LogP contribution in [0.4, 0.5) is 0 Å². The fraction of sp³-hybridized carbons (Fsp3) is 0.375. The van der Waals surface area contributed by atoms with E-state index in [0.29, 0.717) is 19.8 Å². The van der Waals surface area contributed by atoms with Crippen LogP contribution in [0, 0.1) is 0 Å². The Bertz CT molecular complexity index is 1190. The predicted octanol–water partition coefficient (Wildman–Crippen LogP) is 4.21. The number of ether oxygens (including phenoxy) is 5. The standard InChI is InChI=1S/C32H37NO7/c1-24(34)39-23-32(40-25(2)35)22-33-29(21-36-18-26-12-6-3-7-13-26)30(37-19-27-14-8-4-9-15-27)31(32)38-20-28-16-10-5-11-17-28/h3-17,29-31,33H,18-23H2,1-2H3/t29-,30+,31-,32+/m0/s1. The van der Waals surface area contributed by atoms with E-state index in [1.165, 1.54) is 13.8 Å². The monoisotopic (exact) mass is 547 g/mol. The third-order valence-electron chi connectivity index (χ3n) is 6.71. The van der Waals surface area contributed by atoms with Crippen LogP contribution in [0.25, 0.3) is 0 Å². The number of benzene rings is 3. The maximum atomic E-state index is 12.4. The van der Waals surface area contributed by atoms with Crippen molar-refractivity contribution in [1.82, 2.24) is 5.32 Å². The van der Waals surface area contributed by atoms with E-state index >= 15 is 0 Å². The molecule has 0 radical (unpaired) electrons. The first kappa shape index (κ1) is 29.4. The van der Waals surface area contributed by atoms with Gasteiger partial charge in [0.05, 0.1) is 32.5 Å². The van der Waals surface area contributed by atoms with Crippen LogP contribution in [-0.4, -0.2) is 55.5 Å². The molecule has 3 aromatic carbocycles. The van der Waals surface area contributed by atoms with E-state index in [9.17, 15) is 9.59 Å². The zero-order valence-corrected chi connectivity index (χ0v) is 23.0. The summed E-state index contributed by atoms with van der Waals surface area (Å²) in [6, 6.07) is 29.2. The van der Waals surface area contributed by atoms with Crippen LogP contribution >= 0.6 is 0 Å². The van der Waals surface area contributed by atoms with Gasteiger partial charge in [0, 0.05) is 20.4 Å². The van der Waals surface area contributed by atoms with Crippen molar-refractivity contribution in [3.05, 3.63) is 108 Å².